The zero-order valence-corrected chi connectivity index (χ0v) is 13.2. The number of furan rings is 1. The third-order valence-corrected chi connectivity index (χ3v) is 3.76. The summed E-state index contributed by atoms with van der Waals surface area (Å²) >= 11 is 3.32. The van der Waals surface area contributed by atoms with E-state index in [1.165, 1.54) is 5.56 Å². The van der Waals surface area contributed by atoms with Crippen LogP contribution < -0.4 is 5.32 Å². The Morgan fingerprint density at radius 3 is 2.58 bits per heavy atom. The summed E-state index contributed by atoms with van der Waals surface area (Å²) in [6, 6.07) is 4.06. The molecule has 19 heavy (non-hydrogen) atoms. The Balaban J connectivity index is 1.95. The van der Waals surface area contributed by atoms with Crippen molar-refractivity contribution in [2.45, 2.75) is 39.7 Å². The van der Waals surface area contributed by atoms with Gasteiger partial charge in [0.2, 0.25) is 0 Å². The fraction of sp³-hybridized carbons (Fsp3) is 0.500. The summed E-state index contributed by atoms with van der Waals surface area (Å²) in [5.74, 6) is 2.19. The number of hydrogen-bond donors (Lipinski definition) is 1. The fourth-order valence-electron chi connectivity index (χ4n) is 2.31. The molecule has 0 unspecified atom stereocenters. The first-order chi connectivity index (χ1) is 8.99. The van der Waals surface area contributed by atoms with Crippen molar-refractivity contribution >= 4 is 15.9 Å². The normalized spacial score (nSPS) is 14.6. The molecule has 0 amide bonds. The van der Waals surface area contributed by atoms with E-state index >= 15 is 0 Å². The fourth-order valence-corrected chi connectivity index (χ4v) is 2.63. The van der Waals surface area contributed by atoms with E-state index in [1.807, 2.05) is 26.0 Å². The van der Waals surface area contributed by atoms with Gasteiger partial charge < -0.3 is 14.3 Å². The molecule has 0 aliphatic heterocycles. The van der Waals surface area contributed by atoms with Crippen molar-refractivity contribution in [1.29, 1.82) is 0 Å². The molecule has 4 nitrogen and oxygen atoms in total. The first kappa shape index (κ1) is 14.3. The van der Waals surface area contributed by atoms with Gasteiger partial charge in [-0.05, 0) is 54.8 Å². The Bertz CT molecular complexity index is 528. The van der Waals surface area contributed by atoms with E-state index in [-0.39, 0.29) is 6.04 Å². The Morgan fingerprint density at radius 2 is 2.05 bits per heavy atom. The Kier molecular flexibility index (Phi) is 4.47. The van der Waals surface area contributed by atoms with E-state index in [0.717, 1.165) is 28.4 Å². The van der Waals surface area contributed by atoms with Gasteiger partial charge in [0.1, 0.15) is 11.5 Å². The van der Waals surface area contributed by atoms with Crippen molar-refractivity contribution in [2.24, 2.45) is 0 Å². The average molecular weight is 327 g/mol. The number of halogens is 1. The van der Waals surface area contributed by atoms with Crippen molar-refractivity contribution in [2.75, 3.05) is 6.54 Å². The highest BCUT2D eigenvalue weighted by atomic mass is 79.9. The summed E-state index contributed by atoms with van der Waals surface area (Å²) in [6.07, 6.45) is 0. The lowest BCUT2D eigenvalue weighted by Gasteiger charge is -2.16. The van der Waals surface area contributed by atoms with Crippen molar-refractivity contribution in [3.63, 3.8) is 0 Å². The molecular formula is C14H19BrN2O2. The topological polar surface area (TPSA) is 51.2 Å². The second kappa shape index (κ2) is 5.92. The van der Waals surface area contributed by atoms with Gasteiger partial charge in [0.05, 0.1) is 11.7 Å². The number of aryl methyl sites for hydroxylation is 2. The molecular weight excluding hydrogens is 308 g/mol. The maximum absolute atomic E-state index is 5.54. The van der Waals surface area contributed by atoms with Gasteiger partial charge in [-0.25, -0.2) is 0 Å². The van der Waals surface area contributed by atoms with E-state index < -0.39 is 0 Å². The highest BCUT2D eigenvalue weighted by Crippen LogP contribution is 2.24. The molecule has 0 aromatic carbocycles. The van der Waals surface area contributed by atoms with Gasteiger partial charge in [-0.2, -0.15) is 0 Å². The van der Waals surface area contributed by atoms with Crippen molar-refractivity contribution in [3.05, 3.63) is 39.6 Å². The lowest BCUT2D eigenvalue weighted by Crippen LogP contribution is -2.23. The predicted octanol–water partition coefficient (Wildman–Crippen LogP) is 4.10. The molecule has 2 aromatic rings. The molecule has 0 spiro atoms. The standard InChI is InChI=1S/C14H19BrN2O2/c1-8(14-10(3)17-19-11(14)4)7-16-9(2)12-5-6-13(15)18-12/h5-6,8-9,16H,7H2,1-4H3/t8-,9-/m1/s1. The SMILES string of the molecule is Cc1noc(C)c1[C@H](C)CN[C@H](C)c1ccc(Br)o1. The van der Waals surface area contributed by atoms with Gasteiger partial charge in [-0.1, -0.05) is 12.1 Å². The van der Waals surface area contributed by atoms with E-state index in [2.05, 4.69) is 40.3 Å². The van der Waals surface area contributed by atoms with E-state index in [4.69, 9.17) is 8.94 Å². The molecule has 0 aliphatic carbocycles. The number of hydrogen-bond acceptors (Lipinski definition) is 4. The molecule has 0 saturated heterocycles. The van der Waals surface area contributed by atoms with Gasteiger partial charge >= 0.3 is 0 Å². The van der Waals surface area contributed by atoms with Gasteiger partial charge in [0.15, 0.2) is 4.67 Å². The molecule has 0 fully saturated rings. The van der Waals surface area contributed by atoms with Crippen molar-refractivity contribution in [1.82, 2.24) is 10.5 Å². The van der Waals surface area contributed by atoms with Crippen LogP contribution in [0, 0.1) is 13.8 Å². The van der Waals surface area contributed by atoms with Crippen LogP contribution in [0.25, 0.3) is 0 Å². The minimum absolute atomic E-state index is 0.175. The number of nitrogens with one attached hydrogen (secondary N) is 1. The molecule has 0 bridgehead atoms. The minimum atomic E-state index is 0.175. The molecule has 1 N–H and O–H groups in total. The summed E-state index contributed by atoms with van der Waals surface area (Å²) < 4.78 is 11.5. The molecule has 5 heteroatoms. The third-order valence-electron chi connectivity index (χ3n) is 3.33. The number of rotatable bonds is 5. The second-order valence-electron chi connectivity index (χ2n) is 4.91. The van der Waals surface area contributed by atoms with Crippen LogP contribution in [0.3, 0.4) is 0 Å². The molecule has 0 saturated carbocycles. The van der Waals surface area contributed by atoms with Crippen molar-refractivity contribution in [3.8, 4) is 0 Å². The number of aromatic nitrogens is 1. The van der Waals surface area contributed by atoms with Crippen LogP contribution in [-0.2, 0) is 0 Å². The molecule has 2 atom stereocenters. The summed E-state index contributed by atoms with van der Waals surface area (Å²) in [5.41, 5.74) is 2.17. The smallest absolute Gasteiger partial charge is 0.169 e. The molecule has 2 rings (SSSR count). The highest BCUT2D eigenvalue weighted by Gasteiger charge is 2.18. The Morgan fingerprint density at radius 1 is 1.32 bits per heavy atom. The van der Waals surface area contributed by atoms with E-state index in [1.54, 1.807) is 0 Å². The van der Waals surface area contributed by atoms with Gasteiger partial charge in [-0.3, -0.25) is 0 Å². The van der Waals surface area contributed by atoms with Crippen molar-refractivity contribution < 1.29 is 8.94 Å². The third kappa shape index (κ3) is 3.28. The minimum Gasteiger partial charge on any atom is -0.453 e. The van der Waals surface area contributed by atoms with E-state index in [9.17, 15) is 0 Å². The monoisotopic (exact) mass is 326 g/mol. The summed E-state index contributed by atoms with van der Waals surface area (Å²) in [5, 5.41) is 7.47. The maximum atomic E-state index is 5.54. The van der Waals surface area contributed by atoms with E-state index in [0.29, 0.717) is 5.92 Å². The quantitative estimate of drug-likeness (QED) is 0.898. The van der Waals surface area contributed by atoms with Gasteiger partial charge in [-0.15, -0.1) is 0 Å². The summed E-state index contributed by atoms with van der Waals surface area (Å²) in [7, 11) is 0. The summed E-state index contributed by atoms with van der Waals surface area (Å²) in [6.45, 7) is 9.05. The van der Waals surface area contributed by atoms with Crippen LogP contribution in [0.4, 0.5) is 0 Å². The zero-order valence-electron chi connectivity index (χ0n) is 11.7. The van der Waals surface area contributed by atoms with Crippen LogP contribution in [0.15, 0.2) is 25.7 Å². The second-order valence-corrected chi connectivity index (χ2v) is 5.69. The first-order valence-corrected chi connectivity index (χ1v) is 7.19. The highest BCUT2D eigenvalue weighted by molar-refractivity contribution is 9.10. The predicted molar refractivity (Wildman–Crippen MR) is 77.2 cm³/mol. The molecule has 2 heterocycles. The maximum Gasteiger partial charge on any atom is 0.169 e. The van der Waals surface area contributed by atoms with Crippen LogP contribution in [-0.4, -0.2) is 11.7 Å². The summed E-state index contributed by atoms with van der Waals surface area (Å²) in [4.78, 5) is 0. The Hall–Kier alpha value is -1.07. The van der Waals surface area contributed by atoms with Crippen LogP contribution in [0.1, 0.15) is 48.6 Å². The van der Waals surface area contributed by atoms with Gasteiger partial charge in [0, 0.05) is 12.1 Å². The lowest BCUT2D eigenvalue weighted by molar-refractivity contribution is 0.389. The van der Waals surface area contributed by atoms with Gasteiger partial charge in [0.25, 0.3) is 0 Å². The van der Waals surface area contributed by atoms with Crippen LogP contribution in [0.5, 0.6) is 0 Å². The first-order valence-electron chi connectivity index (χ1n) is 6.40. The van der Waals surface area contributed by atoms with Crippen LogP contribution >= 0.6 is 15.9 Å². The zero-order chi connectivity index (χ0) is 14.0. The average Bonchev–Trinajstić information content (AvgIpc) is 2.93. The molecule has 0 aliphatic rings. The lowest BCUT2D eigenvalue weighted by atomic mass is 9.99. The Labute approximate surface area is 121 Å². The number of nitrogens with zero attached hydrogens (tertiary/aromatic N) is 1. The largest absolute Gasteiger partial charge is 0.453 e. The molecule has 104 valence electrons. The van der Waals surface area contributed by atoms with Crippen LogP contribution in [0.2, 0.25) is 0 Å². The molecule has 0 radical (unpaired) electrons. The molecule has 2 aromatic heterocycles.